The fraction of sp³-hybridized carbons (Fsp3) is 0.143. The summed E-state index contributed by atoms with van der Waals surface area (Å²) in [7, 11) is -3.55. The highest BCUT2D eigenvalue weighted by Gasteiger charge is 2.37. The molecule has 0 bridgehead atoms. The summed E-state index contributed by atoms with van der Waals surface area (Å²) in [6, 6.07) is 17.3. The Bertz CT molecular complexity index is 1290. The SMILES string of the molecule is CS(=O)(=O)N1N=C(c2cccs2)CC1c1cn(-c2ccccc2)nc1-c1cccs1. The fourth-order valence-corrected chi connectivity index (χ4v) is 5.92. The summed E-state index contributed by atoms with van der Waals surface area (Å²) in [6.45, 7) is 0. The van der Waals surface area contributed by atoms with E-state index in [-0.39, 0.29) is 0 Å². The zero-order valence-corrected chi connectivity index (χ0v) is 18.5. The van der Waals surface area contributed by atoms with Gasteiger partial charge in [0.25, 0.3) is 0 Å². The molecule has 0 aliphatic carbocycles. The Balaban J connectivity index is 1.64. The number of sulfonamides is 1. The molecule has 5 rings (SSSR count). The maximum atomic E-state index is 12.6. The predicted molar refractivity (Wildman–Crippen MR) is 122 cm³/mol. The van der Waals surface area contributed by atoms with Crippen molar-refractivity contribution in [1.29, 1.82) is 0 Å². The van der Waals surface area contributed by atoms with E-state index in [4.69, 9.17) is 5.10 Å². The molecule has 0 radical (unpaired) electrons. The molecule has 0 saturated heterocycles. The molecule has 4 heterocycles. The first-order chi connectivity index (χ1) is 14.5. The lowest BCUT2D eigenvalue weighted by Crippen LogP contribution is -2.26. The Kier molecular flexibility index (Phi) is 4.80. The van der Waals surface area contributed by atoms with E-state index < -0.39 is 16.1 Å². The van der Waals surface area contributed by atoms with Gasteiger partial charge in [-0.1, -0.05) is 30.3 Å². The Morgan fingerprint density at radius 3 is 2.30 bits per heavy atom. The Morgan fingerprint density at radius 2 is 1.67 bits per heavy atom. The minimum atomic E-state index is -3.55. The molecule has 1 aromatic carbocycles. The van der Waals surface area contributed by atoms with Crippen molar-refractivity contribution in [3.05, 3.63) is 82.0 Å². The van der Waals surface area contributed by atoms with Gasteiger partial charge >= 0.3 is 0 Å². The summed E-state index contributed by atoms with van der Waals surface area (Å²) in [6.07, 6.45) is 3.64. The zero-order chi connectivity index (χ0) is 20.7. The fourth-order valence-electron chi connectivity index (χ4n) is 3.57. The van der Waals surface area contributed by atoms with E-state index in [0.717, 1.165) is 32.4 Å². The van der Waals surface area contributed by atoms with Gasteiger partial charge in [-0.15, -0.1) is 22.7 Å². The molecule has 1 aliphatic heterocycles. The Labute approximate surface area is 182 Å². The number of thiophene rings is 2. The van der Waals surface area contributed by atoms with Crippen LogP contribution in [0.3, 0.4) is 0 Å². The van der Waals surface area contributed by atoms with Gasteiger partial charge in [0.1, 0.15) is 5.69 Å². The molecule has 4 aromatic rings. The van der Waals surface area contributed by atoms with Gasteiger partial charge in [-0.25, -0.2) is 13.1 Å². The lowest BCUT2D eigenvalue weighted by molar-refractivity contribution is 0.375. The number of hydrogen-bond acceptors (Lipinski definition) is 6. The van der Waals surface area contributed by atoms with Gasteiger partial charge in [-0.05, 0) is 35.0 Å². The largest absolute Gasteiger partial charge is 0.247 e. The molecule has 0 saturated carbocycles. The molecule has 1 aliphatic rings. The standard InChI is InChI=1S/C21H18N4O2S3/c1-30(26,27)25-18(13-17(22-25)19-9-5-11-28-19)16-14-24(15-7-3-2-4-8-15)23-21(16)20-10-6-12-29-20/h2-12,14,18H,13H2,1H3. The van der Waals surface area contributed by atoms with Crippen molar-refractivity contribution < 1.29 is 8.42 Å². The van der Waals surface area contributed by atoms with Crippen molar-refractivity contribution in [2.75, 3.05) is 6.26 Å². The number of rotatable bonds is 5. The summed E-state index contributed by atoms with van der Waals surface area (Å²) in [5.74, 6) is 0. The number of hydrazone groups is 1. The first kappa shape index (κ1) is 19.2. The monoisotopic (exact) mass is 454 g/mol. The Hall–Kier alpha value is -2.75. The minimum absolute atomic E-state index is 0.438. The van der Waals surface area contributed by atoms with Crippen LogP contribution in [0.15, 0.2) is 76.7 Å². The van der Waals surface area contributed by atoms with E-state index >= 15 is 0 Å². The van der Waals surface area contributed by atoms with Gasteiger partial charge in [0.2, 0.25) is 10.0 Å². The molecular formula is C21H18N4O2S3. The van der Waals surface area contributed by atoms with Gasteiger partial charge < -0.3 is 0 Å². The van der Waals surface area contributed by atoms with Crippen LogP contribution < -0.4 is 0 Å². The van der Waals surface area contributed by atoms with Crippen molar-refractivity contribution in [3.63, 3.8) is 0 Å². The van der Waals surface area contributed by atoms with Crippen molar-refractivity contribution in [2.24, 2.45) is 5.10 Å². The van der Waals surface area contributed by atoms with E-state index in [2.05, 4.69) is 5.10 Å². The molecular weight excluding hydrogens is 436 g/mol. The quantitative estimate of drug-likeness (QED) is 0.436. The molecule has 6 nitrogen and oxygen atoms in total. The normalized spacial score (nSPS) is 16.8. The number of nitrogens with zero attached hydrogens (tertiary/aromatic N) is 4. The second kappa shape index (κ2) is 7.50. The van der Waals surface area contributed by atoms with E-state index in [1.807, 2.05) is 76.2 Å². The summed E-state index contributed by atoms with van der Waals surface area (Å²) >= 11 is 3.15. The molecule has 1 atom stereocenters. The predicted octanol–water partition coefficient (Wildman–Crippen LogP) is 4.77. The first-order valence-corrected chi connectivity index (χ1v) is 12.9. The van der Waals surface area contributed by atoms with Crippen molar-refractivity contribution in [1.82, 2.24) is 14.2 Å². The molecule has 0 amide bonds. The van der Waals surface area contributed by atoms with Crippen LogP contribution in [0.2, 0.25) is 0 Å². The van der Waals surface area contributed by atoms with E-state index in [9.17, 15) is 8.42 Å². The number of para-hydroxylation sites is 1. The highest BCUT2D eigenvalue weighted by Crippen LogP contribution is 2.40. The highest BCUT2D eigenvalue weighted by molar-refractivity contribution is 7.88. The zero-order valence-electron chi connectivity index (χ0n) is 16.0. The molecule has 0 spiro atoms. The van der Waals surface area contributed by atoms with Gasteiger partial charge in [0, 0.05) is 18.2 Å². The molecule has 9 heteroatoms. The molecule has 3 aromatic heterocycles. The third kappa shape index (κ3) is 3.49. The van der Waals surface area contributed by atoms with Crippen molar-refractivity contribution >= 4 is 38.4 Å². The second-order valence-electron chi connectivity index (χ2n) is 6.97. The van der Waals surface area contributed by atoms with Gasteiger partial charge in [0.15, 0.2) is 0 Å². The first-order valence-electron chi connectivity index (χ1n) is 9.30. The van der Waals surface area contributed by atoms with Crippen molar-refractivity contribution in [3.8, 4) is 16.3 Å². The number of hydrogen-bond donors (Lipinski definition) is 0. The average molecular weight is 455 g/mol. The average Bonchev–Trinajstić information content (AvgIpc) is 3.53. The number of benzene rings is 1. The molecule has 152 valence electrons. The summed E-state index contributed by atoms with van der Waals surface area (Å²) in [5.41, 5.74) is 3.34. The lowest BCUT2D eigenvalue weighted by Gasteiger charge is -2.20. The van der Waals surface area contributed by atoms with Crippen LogP contribution in [0.5, 0.6) is 0 Å². The van der Waals surface area contributed by atoms with Crippen LogP contribution in [0.1, 0.15) is 22.9 Å². The summed E-state index contributed by atoms with van der Waals surface area (Å²) in [4.78, 5) is 1.98. The maximum absolute atomic E-state index is 12.6. The van der Waals surface area contributed by atoms with E-state index in [0.29, 0.717) is 6.42 Å². The van der Waals surface area contributed by atoms with Crippen LogP contribution in [-0.4, -0.2) is 34.6 Å². The molecule has 30 heavy (non-hydrogen) atoms. The Morgan fingerprint density at radius 1 is 0.967 bits per heavy atom. The third-order valence-electron chi connectivity index (χ3n) is 4.89. The highest BCUT2D eigenvalue weighted by atomic mass is 32.2. The topological polar surface area (TPSA) is 67.6 Å². The molecule has 1 unspecified atom stereocenters. The van der Waals surface area contributed by atoms with Crippen LogP contribution in [-0.2, 0) is 10.0 Å². The third-order valence-corrected chi connectivity index (χ3v) is 7.71. The van der Waals surface area contributed by atoms with E-state index in [1.54, 1.807) is 22.7 Å². The van der Waals surface area contributed by atoms with Gasteiger partial charge in [0.05, 0.1) is 33.5 Å². The summed E-state index contributed by atoms with van der Waals surface area (Å²) < 4.78 is 28.3. The maximum Gasteiger partial charge on any atom is 0.247 e. The van der Waals surface area contributed by atoms with Crippen LogP contribution in [0.25, 0.3) is 16.3 Å². The van der Waals surface area contributed by atoms with Gasteiger partial charge in [-0.3, -0.25) is 0 Å². The van der Waals surface area contributed by atoms with Crippen LogP contribution in [0, 0.1) is 0 Å². The lowest BCUT2D eigenvalue weighted by atomic mass is 10.0. The van der Waals surface area contributed by atoms with E-state index in [1.165, 1.54) is 10.7 Å². The summed E-state index contributed by atoms with van der Waals surface area (Å²) in [5, 5.41) is 13.3. The van der Waals surface area contributed by atoms with Crippen LogP contribution in [0.4, 0.5) is 0 Å². The smallest absolute Gasteiger partial charge is 0.240 e. The van der Waals surface area contributed by atoms with Crippen LogP contribution >= 0.6 is 22.7 Å². The van der Waals surface area contributed by atoms with Gasteiger partial charge in [-0.2, -0.15) is 14.6 Å². The second-order valence-corrected chi connectivity index (χ2v) is 10.7. The van der Waals surface area contributed by atoms with Crippen molar-refractivity contribution in [2.45, 2.75) is 12.5 Å². The molecule has 0 fully saturated rings. The number of aromatic nitrogens is 2. The minimum Gasteiger partial charge on any atom is -0.240 e. The molecule has 0 N–H and O–H groups in total.